The van der Waals surface area contributed by atoms with Gasteiger partial charge >= 0.3 is 0 Å². The van der Waals surface area contributed by atoms with Gasteiger partial charge in [-0.25, -0.2) is 0 Å². The lowest BCUT2D eigenvalue weighted by atomic mass is 9.75. The van der Waals surface area contributed by atoms with E-state index in [-0.39, 0.29) is 16.9 Å². The molecule has 114 valence electrons. The molecular formula is C17H22ClNO2. The third kappa shape index (κ3) is 2.36. The summed E-state index contributed by atoms with van der Waals surface area (Å²) in [6.07, 6.45) is 4.21. The molecule has 1 unspecified atom stereocenters. The Kier molecular flexibility index (Phi) is 3.53. The van der Waals surface area contributed by atoms with Crippen LogP contribution in [0, 0.1) is 0 Å². The van der Waals surface area contributed by atoms with E-state index in [1.807, 2.05) is 26.0 Å². The van der Waals surface area contributed by atoms with Crippen LogP contribution < -0.4 is 5.32 Å². The number of ether oxygens (including phenoxy) is 1. The lowest BCUT2D eigenvalue weighted by molar-refractivity contribution is -0.119. The van der Waals surface area contributed by atoms with Gasteiger partial charge in [0, 0.05) is 12.8 Å². The number of carbonyl (C=O) groups excluding carboxylic acids is 1. The van der Waals surface area contributed by atoms with Crippen molar-refractivity contribution < 1.29 is 9.53 Å². The zero-order valence-electron chi connectivity index (χ0n) is 12.8. The molecule has 1 N–H and O–H groups in total. The van der Waals surface area contributed by atoms with Gasteiger partial charge in [-0.05, 0) is 56.7 Å². The normalized spacial score (nSPS) is 23.1. The smallest absolute Gasteiger partial charge is 0.234 e. The third-order valence-corrected chi connectivity index (χ3v) is 5.55. The van der Waals surface area contributed by atoms with E-state index in [4.69, 9.17) is 16.3 Å². The average molecular weight is 308 g/mol. The molecule has 0 spiro atoms. The molecule has 0 saturated heterocycles. The van der Waals surface area contributed by atoms with Gasteiger partial charge < -0.3 is 10.1 Å². The molecule has 21 heavy (non-hydrogen) atoms. The molecule has 0 bridgehead atoms. The summed E-state index contributed by atoms with van der Waals surface area (Å²) in [5.41, 5.74) is 2.48. The van der Waals surface area contributed by atoms with Gasteiger partial charge in [0.15, 0.2) is 0 Å². The fourth-order valence-corrected chi connectivity index (χ4v) is 3.71. The van der Waals surface area contributed by atoms with Gasteiger partial charge in [0.1, 0.15) is 0 Å². The van der Waals surface area contributed by atoms with Crippen LogP contribution in [0.4, 0.5) is 5.69 Å². The van der Waals surface area contributed by atoms with Gasteiger partial charge in [-0.1, -0.05) is 12.1 Å². The Balaban J connectivity index is 1.84. The molecule has 0 aromatic heterocycles. The molecular weight excluding hydrogens is 286 g/mol. The largest absolute Gasteiger partial charge is 0.378 e. The first-order valence-electron chi connectivity index (χ1n) is 7.53. The summed E-state index contributed by atoms with van der Waals surface area (Å²) in [6.45, 7) is 3.90. The van der Waals surface area contributed by atoms with Gasteiger partial charge in [0.2, 0.25) is 5.91 Å². The topological polar surface area (TPSA) is 38.3 Å². The van der Waals surface area contributed by atoms with Crippen LogP contribution in [0.3, 0.4) is 0 Å². The molecule has 1 atom stereocenters. The molecule has 1 aliphatic heterocycles. The predicted molar refractivity (Wildman–Crippen MR) is 84.9 cm³/mol. The maximum atomic E-state index is 12.0. The Morgan fingerprint density at radius 2 is 2.10 bits per heavy atom. The van der Waals surface area contributed by atoms with Crippen LogP contribution in [0.5, 0.6) is 0 Å². The highest BCUT2D eigenvalue weighted by Gasteiger charge is 2.41. The van der Waals surface area contributed by atoms with Crippen LogP contribution in [0.15, 0.2) is 18.2 Å². The molecule has 1 aromatic rings. The number of hydrogen-bond donors (Lipinski definition) is 1. The quantitative estimate of drug-likeness (QED) is 0.848. The molecule has 1 aromatic carbocycles. The number of benzene rings is 1. The van der Waals surface area contributed by atoms with Crippen LogP contribution in [0.2, 0.25) is 0 Å². The Morgan fingerprint density at radius 3 is 2.67 bits per heavy atom. The lowest BCUT2D eigenvalue weighted by Crippen LogP contribution is -2.39. The van der Waals surface area contributed by atoms with Crippen molar-refractivity contribution >= 4 is 23.2 Å². The Bertz CT molecular complexity index is 573. The summed E-state index contributed by atoms with van der Waals surface area (Å²) in [5.74, 6) is 0.0492. The second-order valence-corrected chi connectivity index (χ2v) is 7.32. The third-order valence-electron chi connectivity index (χ3n) is 5.14. The number of rotatable bonds is 4. The molecule has 1 fully saturated rings. The highest BCUT2D eigenvalue weighted by molar-refractivity contribution is 6.21. The summed E-state index contributed by atoms with van der Waals surface area (Å²) < 4.78 is 5.67. The van der Waals surface area contributed by atoms with Crippen molar-refractivity contribution in [1.29, 1.82) is 0 Å². The number of halogens is 1. The second-order valence-electron chi connectivity index (χ2n) is 6.80. The van der Waals surface area contributed by atoms with E-state index in [1.165, 1.54) is 6.42 Å². The molecule has 1 saturated carbocycles. The minimum Gasteiger partial charge on any atom is -0.378 e. The summed E-state index contributed by atoms with van der Waals surface area (Å²) in [6, 6.07) is 6.06. The van der Waals surface area contributed by atoms with Crippen molar-refractivity contribution in [2.24, 2.45) is 0 Å². The predicted octanol–water partition coefficient (Wildman–Crippen LogP) is 4.16. The standard InChI is InChI=1S/C17H22ClNO2/c1-16(2)12-9-11(5-6-14(12)19-15(16)20)13(18)10-17(21-3)7-4-8-17/h5-6,9,13H,4,7-8,10H2,1-3H3,(H,19,20). The van der Waals surface area contributed by atoms with Crippen molar-refractivity contribution in [3.05, 3.63) is 29.3 Å². The van der Waals surface area contributed by atoms with Crippen LogP contribution in [-0.2, 0) is 14.9 Å². The number of alkyl halides is 1. The molecule has 2 aliphatic rings. The zero-order chi connectivity index (χ0) is 15.3. The molecule has 1 aliphatic carbocycles. The first-order valence-corrected chi connectivity index (χ1v) is 7.97. The van der Waals surface area contributed by atoms with Gasteiger partial charge in [0.25, 0.3) is 0 Å². The van der Waals surface area contributed by atoms with Crippen LogP contribution in [0.1, 0.15) is 56.0 Å². The van der Waals surface area contributed by atoms with E-state index in [0.717, 1.165) is 36.1 Å². The molecule has 3 rings (SSSR count). The van der Waals surface area contributed by atoms with E-state index < -0.39 is 5.41 Å². The number of amides is 1. The number of nitrogens with one attached hydrogen (secondary N) is 1. The van der Waals surface area contributed by atoms with Gasteiger partial charge in [0.05, 0.1) is 16.4 Å². The number of hydrogen-bond acceptors (Lipinski definition) is 2. The van der Waals surface area contributed by atoms with Crippen molar-refractivity contribution in [3.8, 4) is 0 Å². The van der Waals surface area contributed by atoms with Crippen molar-refractivity contribution in [1.82, 2.24) is 0 Å². The fraction of sp³-hybridized carbons (Fsp3) is 0.588. The maximum absolute atomic E-state index is 12.0. The molecule has 1 heterocycles. The van der Waals surface area contributed by atoms with Crippen LogP contribution >= 0.6 is 11.6 Å². The maximum Gasteiger partial charge on any atom is 0.234 e. The van der Waals surface area contributed by atoms with Crippen molar-refractivity contribution in [2.75, 3.05) is 12.4 Å². The van der Waals surface area contributed by atoms with E-state index >= 15 is 0 Å². The van der Waals surface area contributed by atoms with Gasteiger partial charge in [-0.15, -0.1) is 11.6 Å². The SMILES string of the molecule is COC1(CC(Cl)c2ccc3c(c2)C(C)(C)C(=O)N3)CCC1. The highest BCUT2D eigenvalue weighted by Crippen LogP contribution is 2.45. The number of anilines is 1. The van der Waals surface area contributed by atoms with Crippen molar-refractivity contribution in [3.63, 3.8) is 0 Å². The Morgan fingerprint density at radius 1 is 1.38 bits per heavy atom. The molecule has 3 nitrogen and oxygen atoms in total. The summed E-state index contributed by atoms with van der Waals surface area (Å²) in [5, 5.41) is 2.85. The van der Waals surface area contributed by atoms with E-state index in [2.05, 4.69) is 11.4 Å². The second kappa shape index (κ2) is 4.99. The lowest BCUT2D eigenvalue weighted by Gasteiger charge is -2.41. The van der Waals surface area contributed by atoms with Crippen molar-refractivity contribution in [2.45, 2.75) is 55.9 Å². The zero-order valence-corrected chi connectivity index (χ0v) is 13.6. The van der Waals surface area contributed by atoms with E-state index in [9.17, 15) is 4.79 Å². The van der Waals surface area contributed by atoms with E-state index in [0.29, 0.717) is 0 Å². The summed E-state index contributed by atoms with van der Waals surface area (Å²) in [4.78, 5) is 12.0. The molecule has 4 heteroatoms. The van der Waals surface area contributed by atoms with E-state index in [1.54, 1.807) is 7.11 Å². The monoisotopic (exact) mass is 307 g/mol. The number of methoxy groups -OCH3 is 1. The molecule has 1 amide bonds. The average Bonchev–Trinajstić information content (AvgIpc) is 2.64. The first kappa shape index (κ1) is 14.9. The van der Waals surface area contributed by atoms with Crippen LogP contribution in [-0.4, -0.2) is 18.6 Å². The minimum atomic E-state index is -0.489. The van der Waals surface area contributed by atoms with Crippen LogP contribution in [0.25, 0.3) is 0 Å². The van der Waals surface area contributed by atoms with Gasteiger partial charge in [-0.3, -0.25) is 4.79 Å². The molecule has 0 radical (unpaired) electrons. The number of carbonyl (C=O) groups is 1. The van der Waals surface area contributed by atoms with Gasteiger partial charge in [-0.2, -0.15) is 0 Å². The fourth-order valence-electron chi connectivity index (χ4n) is 3.29. The number of fused-ring (bicyclic) bond motifs is 1. The minimum absolute atomic E-state index is 0.0466. The summed E-state index contributed by atoms with van der Waals surface area (Å²) >= 11 is 6.63. The Labute approximate surface area is 131 Å². The first-order chi connectivity index (χ1) is 9.88. The summed E-state index contributed by atoms with van der Waals surface area (Å²) in [7, 11) is 1.77. The Hall–Kier alpha value is -1.06. The highest BCUT2D eigenvalue weighted by atomic mass is 35.5.